The van der Waals surface area contributed by atoms with Gasteiger partial charge in [-0.2, -0.15) is 0 Å². The molecule has 1 atom stereocenters. The second-order valence-corrected chi connectivity index (χ2v) is 6.13. The molecule has 0 bridgehead atoms. The highest BCUT2D eigenvalue weighted by Gasteiger charge is 2.19. The lowest BCUT2D eigenvalue weighted by Gasteiger charge is -2.16. The average Bonchev–Trinajstić information content (AvgIpc) is 2.98. The van der Waals surface area contributed by atoms with Crippen LogP contribution < -0.4 is 4.74 Å². The van der Waals surface area contributed by atoms with Crippen LogP contribution in [0.2, 0.25) is 0 Å². The lowest BCUT2D eigenvalue weighted by atomic mass is 10.0. The highest BCUT2D eigenvalue weighted by atomic mass is 16.5. The van der Waals surface area contributed by atoms with Crippen LogP contribution >= 0.6 is 0 Å². The minimum atomic E-state index is -0.381. The monoisotopic (exact) mass is 285 g/mol. The lowest BCUT2D eigenvalue weighted by Crippen LogP contribution is -2.20. The molecule has 112 valence electrons. The molecule has 1 saturated carbocycles. The molecule has 0 aliphatic heterocycles. The number of aryl methyl sites for hydroxylation is 1. The number of ether oxygens (including phenoxy) is 1. The van der Waals surface area contributed by atoms with E-state index in [1.165, 1.54) is 25.7 Å². The van der Waals surface area contributed by atoms with E-state index in [1.54, 1.807) is 0 Å². The Bertz CT molecular complexity index is 605. The number of aliphatic hydroxyl groups is 1. The van der Waals surface area contributed by atoms with E-state index in [0.717, 1.165) is 28.8 Å². The Morgan fingerprint density at radius 2 is 2.05 bits per heavy atom. The molecular formula is C18H23NO2. The summed E-state index contributed by atoms with van der Waals surface area (Å²) in [5.74, 6) is 1.44. The molecule has 1 aromatic heterocycles. The summed E-state index contributed by atoms with van der Waals surface area (Å²) in [5, 5.41) is 11.2. The van der Waals surface area contributed by atoms with Gasteiger partial charge in [0.15, 0.2) is 0 Å². The third-order valence-corrected chi connectivity index (χ3v) is 4.33. The topological polar surface area (TPSA) is 42.4 Å². The van der Waals surface area contributed by atoms with Gasteiger partial charge in [-0.25, -0.2) is 4.98 Å². The first-order valence-corrected chi connectivity index (χ1v) is 7.89. The summed E-state index contributed by atoms with van der Waals surface area (Å²) >= 11 is 0. The third-order valence-electron chi connectivity index (χ3n) is 4.33. The van der Waals surface area contributed by atoms with E-state index in [1.807, 2.05) is 31.2 Å². The second-order valence-electron chi connectivity index (χ2n) is 6.13. The number of nitrogens with zero attached hydrogens (tertiary/aromatic N) is 1. The Labute approximate surface area is 126 Å². The summed E-state index contributed by atoms with van der Waals surface area (Å²) in [4.78, 5) is 4.55. The predicted octanol–water partition coefficient (Wildman–Crippen LogP) is 3.86. The van der Waals surface area contributed by atoms with Crippen molar-refractivity contribution in [3.05, 3.63) is 36.0 Å². The second kappa shape index (κ2) is 6.44. The van der Waals surface area contributed by atoms with Crippen molar-refractivity contribution >= 4 is 10.9 Å². The maximum Gasteiger partial charge on any atom is 0.145 e. The largest absolute Gasteiger partial charge is 0.489 e. The third kappa shape index (κ3) is 3.53. The molecule has 0 amide bonds. The van der Waals surface area contributed by atoms with Crippen molar-refractivity contribution in [2.45, 2.75) is 45.1 Å². The van der Waals surface area contributed by atoms with Gasteiger partial charge in [0.05, 0.1) is 6.10 Å². The van der Waals surface area contributed by atoms with Crippen molar-refractivity contribution in [1.82, 2.24) is 4.98 Å². The van der Waals surface area contributed by atoms with Crippen molar-refractivity contribution in [1.29, 1.82) is 0 Å². The zero-order valence-electron chi connectivity index (χ0n) is 12.6. The SMILES string of the molecule is Cc1ccc2cccc(OCC(O)CC3CCCC3)c2n1. The Kier molecular flexibility index (Phi) is 4.39. The molecular weight excluding hydrogens is 262 g/mol. The van der Waals surface area contributed by atoms with Gasteiger partial charge in [-0.05, 0) is 31.4 Å². The van der Waals surface area contributed by atoms with E-state index in [4.69, 9.17) is 4.74 Å². The molecule has 21 heavy (non-hydrogen) atoms. The Balaban J connectivity index is 1.65. The zero-order chi connectivity index (χ0) is 14.7. The molecule has 2 aromatic rings. The van der Waals surface area contributed by atoms with Crippen LogP contribution in [0.4, 0.5) is 0 Å². The average molecular weight is 285 g/mol. The van der Waals surface area contributed by atoms with E-state index < -0.39 is 0 Å². The van der Waals surface area contributed by atoms with Crippen LogP contribution in [0.1, 0.15) is 37.8 Å². The molecule has 1 N–H and O–H groups in total. The van der Waals surface area contributed by atoms with Gasteiger partial charge in [-0.15, -0.1) is 0 Å². The zero-order valence-corrected chi connectivity index (χ0v) is 12.6. The van der Waals surface area contributed by atoms with Crippen LogP contribution in [-0.4, -0.2) is 22.8 Å². The maximum absolute atomic E-state index is 10.2. The molecule has 1 fully saturated rings. The van der Waals surface area contributed by atoms with Gasteiger partial charge in [-0.3, -0.25) is 0 Å². The molecule has 1 aromatic carbocycles. The number of para-hydroxylation sites is 1. The van der Waals surface area contributed by atoms with E-state index >= 15 is 0 Å². The minimum Gasteiger partial charge on any atom is -0.489 e. The van der Waals surface area contributed by atoms with Gasteiger partial charge in [0.2, 0.25) is 0 Å². The van der Waals surface area contributed by atoms with Crippen molar-refractivity contribution in [3.8, 4) is 5.75 Å². The number of aromatic nitrogens is 1. The molecule has 0 saturated heterocycles. The number of pyridine rings is 1. The number of rotatable bonds is 5. The van der Waals surface area contributed by atoms with Crippen LogP contribution in [0.25, 0.3) is 10.9 Å². The van der Waals surface area contributed by atoms with Crippen molar-refractivity contribution in [2.75, 3.05) is 6.61 Å². The first-order valence-electron chi connectivity index (χ1n) is 7.89. The van der Waals surface area contributed by atoms with Crippen molar-refractivity contribution in [3.63, 3.8) is 0 Å². The molecule has 3 heteroatoms. The van der Waals surface area contributed by atoms with Crippen molar-refractivity contribution < 1.29 is 9.84 Å². The van der Waals surface area contributed by atoms with E-state index in [9.17, 15) is 5.11 Å². The number of aliphatic hydroxyl groups excluding tert-OH is 1. The molecule has 0 radical (unpaired) electrons. The van der Waals surface area contributed by atoms with Crippen LogP contribution in [0, 0.1) is 12.8 Å². The van der Waals surface area contributed by atoms with Gasteiger partial charge >= 0.3 is 0 Å². The van der Waals surface area contributed by atoms with Crippen LogP contribution in [-0.2, 0) is 0 Å². The Hall–Kier alpha value is -1.61. The van der Waals surface area contributed by atoms with Gasteiger partial charge < -0.3 is 9.84 Å². The fourth-order valence-electron chi connectivity index (χ4n) is 3.22. The highest BCUT2D eigenvalue weighted by Crippen LogP contribution is 2.29. The fraction of sp³-hybridized carbons (Fsp3) is 0.500. The van der Waals surface area contributed by atoms with Crippen molar-refractivity contribution in [2.24, 2.45) is 5.92 Å². The quantitative estimate of drug-likeness (QED) is 0.907. The fourth-order valence-corrected chi connectivity index (χ4v) is 3.22. The first kappa shape index (κ1) is 14.3. The maximum atomic E-state index is 10.2. The number of hydrogen-bond donors (Lipinski definition) is 1. The molecule has 1 heterocycles. The van der Waals surface area contributed by atoms with E-state index in [2.05, 4.69) is 11.1 Å². The summed E-state index contributed by atoms with van der Waals surface area (Å²) in [7, 11) is 0. The standard InChI is InChI=1S/C18H23NO2/c1-13-9-10-15-7-4-8-17(18(15)19-13)21-12-16(20)11-14-5-2-3-6-14/h4,7-10,14,16,20H,2-3,5-6,11-12H2,1H3. The summed E-state index contributed by atoms with van der Waals surface area (Å²) < 4.78 is 5.83. The van der Waals surface area contributed by atoms with Gasteiger partial charge in [-0.1, -0.05) is 43.9 Å². The molecule has 3 rings (SSSR count). The van der Waals surface area contributed by atoms with Crippen LogP contribution in [0.5, 0.6) is 5.75 Å². The van der Waals surface area contributed by atoms with Gasteiger partial charge in [0.25, 0.3) is 0 Å². The summed E-state index contributed by atoms with van der Waals surface area (Å²) in [5.41, 5.74) is 1.86. The normalized spacial score (nSPS) is 17.2. The van der Waals surface area contributed by atoms with Gasteiger partial charge in [0, 0.05) is 11.1 Å². The van der Waals surface area contributed by atoms with E-state index in [0.29, 0.717) is 12.5 Å². The summed E-state index contributed by atoms with van der Waals surface area (Å²) in [6, 6.07) is 9.99. The molecule has 1 aliphatic carbocycles. The number of benzene rings is 1. The smallest absolute Gasteiger partial charge is 0.145 e. The Morgan fingerprint density at radius 3 is 2.86 bits per heavy atom. The molecule has 1 aliphatic rings. The van der Waals surface area contributed by atoms with E-state index in [-0.39, 0.29) is 6.10 Å². The summed E-state index contributed by atoms with van der Waals surface area (Å²) in [6.45, 7) is 2.33. The molecule has 3 nitrogen and oxygen atoms in total. The predicted molar refractivity (Wildman–Crippen MR) is 84.6 cm³/mol. The van der Waals surface area contributed by atoms with Crippen LogP contribution in [0.3, 0.4) is 0 Å². The number of hydrogen-bond acceptors (Lipinski definition) is 3. The lowest BCUT2D eigenvalue weighted by molar-refractivity contribution is 0.0861. The first-order chi connectivity index (χ1) is 10.2. The van der Waals surface area contributed by atoms with Gasteiger partial charge in [0.1, 0.15) is 17.9 Å². The number of fused-ring (bicyclic) bond motifs is 1. The summed E-state index contributed by atoms with van der Waals surface area (Å²) in [6.07, 6.45) is 5.61. The van der Waals surface area contributed by atoms with Crippen LogP contribution in [0.15, 0.2) is 30.3 Å². The molecule has 1 unspecified atom stereocenters. The molecule has 0 spiro atoms. The minimum absolute atomic E-state index is 0.352. The highest BCUT2D eigenvalue weighted by molar-refractivity contribution is 5.84. The Morgan fingerprint density at radius 1 is 1.24 bits per heavy atom.